The highest BCUT2D eigenvalue weighted by Gasteiger charge is 2.27. The molecule has 1 saturated carbocycles. The first-order valence-corrected chi connectivity index (χ1v) is 9.36. The average molecular weight is 335 g/mol. The molecule has 1 atom stereocenters. The van der Waals surface area contributed by atoms with Crippen LogP contribution in [0.5, 0.6) is 0 Å². The predicted octanol–water partition coefficient (Wildman–Crippen LogP) is 4.00. The molecule has 1 unspecified atom stereocenters. The van der Waals surface area contributed by atoms with E-state index in [0.717, 1.165) is 50.3 Å². The van der Waals surface area contributed by atoms with Gasteiger partial charge >= 0.3 is 0 Å². The van der Waals surface area contributed by atoms with E-state index in [1.54, 1.807) is 0 Å². The largest absolute Gasteiger partial charge is 0.353 e. The molecule has 1 aromatic carbocycles. The summed E-state index contributed by atoms with van der Waals surface area (Å²) in [6.45, 7) is 2.86. The van der Waals surface area contributed by atoms with Crippen LogP contribution < -0.4 is 5.32 Å². The fourth-order valence-corrected chi connectivity index (χ4v) is 3.95. The van der Waals surface area contributed by atoms with Gasteiger partial charge in [-0.1, -0.05) is 43.0 Å². The zero-order chi connectivity index (χ0) is 16.1. The summed E-state index contributed by atoms with van der Waals surface area (Å²) in [6.07, 6.45) is 8.30. The van der Waals surface area contributed by atoms with Gasteiger partial charge in [-0.15, -0.1) is 0 Å². The molecule has 0 radical (unpaired) electrons. The van der Waals surface area contributed by atoms with Crippen LogP contribution in [0.1, 0.15) is 50.5 Å². The molecular weight excluding hydrogens is 308 g/mol. The van der Waals surface area contributed by atoms with Crippen molar-refractivity contribution in [2.24, 2.45) is 5.92 Å². The molecule has 1 aliphatic carbocycles. The summed E-state index contributed by atoms with van der Waals surface area (Å²) in [5.74, 6) is 0.427. The van der Waals surface area contributed by atoms with Crippen molar-refractivity contribution in [3.63, 3.8) is 0 Å². The summed E-state index contributed by atoms with van der Waals surface area (Å²) in [5, 5.41) is 4.07. The molecule has 0 aromatic heterocycles. The molecule has 1 heterocycles. The Hall–Kier alpha value is -1.06. The van der Waals surface area contributed by atoms with Crippen molar-refractivity contribution in [2.75, 3.05) is 13.1 Å². The number of rotatable bonds is 4. The van der Waals surface area contributed by atoms with Crippen molar-refractivity contribution in [1.82, 2.24) is 10.2 Å². The Morgan fingerprint density at radius 3 is 2.57 bits per heavy atom. The molecule has 2 fully saturated rings. The lowest BCUT2D eigenvalue weighted by Crippen LogP contribution is -2.46. The second kappa shape index (κ2) is 8.16. The summed E-state index contributed by atoms with van der Waals surface area (Å²) in [7, 11) is 0. The van der Waals surface area contributed by atoms with Crippen molar-refractivity contribution >= 4 is 17.5 Å². The lowest BCUT2D eigenvalue weighted by atomic mass is 9.93. The minimum absolute atomic E-state index is 0.151. The van der Waals surface area contributed by atoms with Gasteiger partial charge in [-0.25, -0.2) is 0 Å². The zero-order valence-electron chi connectivity index (χ0n) is 13.8. The Bertz CT molecular complexity index is 511. The Balaban J connectivity index is 1.50. The highest BCUT2D eigenvalue weighted by atomic mass is 35.5. The van der Waals surface area contributed by atoms with Gasteiger partial charge < -0.3 is 5.32 Å². The summed E-state index contributed by atoms with van der Waals surface area (Å²) in [6, 6.07) is 8.45. The minimum Gasteiger partial charge on any atom is -0.353 e. The number of nitrogens with zero attached hydrogens (tertiary/aromatic N) is 1. The number of benzene rings is 1. The van der Waals surface area contributed by atoms with Gasteiger partial charge in [0.25, 0.3) is 0 Å². The third-order valence-electron chi connectivity index (χ3n) is 5.15. The molecule has 1 amide bonds. The first-order valence-electron chi connectivity index (χ1n) is 8.98. The highest BCUT2D eigenvalue weighted by molar-refractivity contribution is 6.30. The molecule has 1 saturated heterocycles. The molecule has 2 aliphatic rings. The fourth-order valence-electron chi connectivity index (χ4n) is 3.83. The van der Waals surface area contributed by atoms with Crippen LogP contribution in [0.4, 0.5) is 0 Å². The summed E-state index contributed by atoms with van der Waals surface area (Å²) in [4.78, 5) is 15.0. The summed E-state index contributed by atoms with van der Waals surface area (Å²) < 4.78 is 0. The van der Waals surface area contributed by atoms with Crippen molar-refractivity contribution in [1.29, 1.82) is 0 Å². The monoisotopic (exact) mass is 334 g/mol. The second-order valence-corrected chi connectivity index (χ2v) is 7.48. The van der Waals surface area contributed by atoms with Crippen LogP contribution in [-0.4, -0.2) is 29.9 Å². The van der Waals surface area contributed by atoms with E-state index in [1.807, 2.05) is 12.1 Å². The van der Waals surface area contributed by atoms with Gasteiger partial charge in [0.15, 0.2) is 0 Å². The van der Waals surface area contributed by atoms with E-state index in [4.69, 9.17) is 11.6 Å². The van der Waals surface area contributed by atoms with E-state index >= 15 is 0 Å². The predicted molar refractivity (Wildman–Crippen MR) is 94.5 cm³/mol. The molecule has 0 bridgehead atoms. The van der Waals surface area contributed by atoms with Gasteiger partial charge in [-0.3, -0.25) is 9.69 Å². The normalized spacial score (nSPS) is 23.6. The standard InChI is InChI=1S/C19H27ClN2O/c20-17-10-8-15(9-11-17)13-22-12-4-5-16(14-22)19(23)21-18-6-2-1-3-7-18/h8-11,16,18H,1-7,12-14H2,(H,21,23). The van der Waals surface area contributed by atoms with Crippen molar-refractivity contribution in [3.8, 4) is 0 Å². The van der Waals surface area contributed by atoms with Crippen molar-refractivity contribution < 1.29 is 4.79 Å². The van der Waals surface area contributed by atoms with Gasteiger partial charge in [0, 0.05) is 24.2 Å². The third-order valence-corrected chi connectivity index (χ3v) is 5.40. The Morgan fingerprint density at radius 2 is 1.83 bits per heavy atom. The van der Waals surface area contributed by atoms with Gasteiger partial charge in [-0.2, -0.15) is 0 Å². The molecule has 1 aliphatic heterocycles. The number of nitrogens with one attached hydrogen (secondary N) is 1. The van der Waals surface area contributed by atoms with E-state index in [0.29, 0.717) is 6.04 Å². The van der Waals surface area contributed by atoms with Crippen LogP contribution >= 0.6 is 11.6 Å². The van der Waals surface area contributed by atoms with E-state index in [-0.39, 0.29) is 11.8 Å². The molecule has 3 rings (SSSR count). The van der Waals surface area contributed by atoms with E-state index in [1.165, 1.54) is 24.8 Å². The Morgan fingerprint density at radius 1 is 1.09 bits per heavy atom. The maximum atomic E-state index is 12.6. The maximum Gasteiger partial charge on any atom is 0.224 e. The molecular formula is C19H27ClN2O. The smallest absolute Gasteiger partial charge is 0.224 e. The number of piperidine rings is 1. The first-order chi connectivity index (χ1) is 11.2. The topological polar surface area (TPSA) is 32.3 Å². The van der Waals surface area contributed by atoms with E-state index < -0.39 is 0 Å². The Labute approximate surface area is 144 Å². The SMILES string of the molecule is O=C(NC1CCCCC1)C1CCCN(Cc2ccc(Cl)cc2)C1. The lowest BCUT2D eigenvalue weighted by molar-refractivity contribution is -0.127. The number of carbonyl (C=O) groups is 1. The first kappa shape index (κ1) is 16.8. The maximum absolute atomic E-state index is 12.6. The number of likely N-dealkylation sites (tertiary alicyclic amines) is 1. The molecule has 23 heavy (non-hydrogen) atoms. The number of hydrogen-bond acceptors (Lipinski definition) is 2. The number of carbonyl (C=O) groups excluding carboxylic acids is 1. The Kier molecular flexibility index (Phi) is 5.96. The van der Waals surface area contributed by atoms with Gasteiger partial charge in [-0.05, 0) is 49.9 Å². The average Bonchev–Trinajstić information content (AvgIpc) is 2.58. The van der Waals surface area contributed by atoms with Gasteiger partial charge in [0.1, 0.15) is 0 Å². The van der Waals surface area contributed by atoms with Gasteiger partial charge in [0.2, 0.25) is 5.91 Å². The number of halogens is 1. The summed E-state index contributed by atoms with van der Waals surface area (Å²) in [5.41, 5.74) is 1.27. The van der Waals surface area contributed by atoms with Crippen LogP contribution in [0.3, 0.4) is 0 Å². The third kappa shape index (κ3) is 4.95. The molecule has 3 nitrogen and oxygen atoms in total. The number of hydrogen-bond donors (Lipinski definition) is 1. The molecule has 0 spiro atoms. The summed E-state index contributed by atoms with van der Waals surface area (Å²) >= 11 is 5.95. The highest BCUT2D eigenvalue weighted by Crippen LogP contribution is 2.22. The molecule has 4 heteroatoms. The van der Waals surface area contributed by atoms with Crippen molar-refractivity contribution in [3.05, 3.63) is 34.9 Å². The number of amides is 1. The van der Waals surface area contributed by atoms with Gasteiger partial charge in [0.05, 0.1) is 5.92 Å². The quantitative estimate of drug-likeness (QED) is 0.902. The fraction of sp³-hybridized carbons (Fsp3) is 0.632. The lowest BCUT2D eigenvalue weighted by Gasteiger charge is -2.33. The van der Waals surface area contributed by atoms with Crippen molar-refractivity contribution in [2.45, 2.75) is 57.5 Å². The van der Waals surface area contributed by atoms with E-state index in [2.05, 4.69) is 22.3 Å². The van der Waals surface area contributed by atoms with Crippen LogP contribution in [0.2, 0.25) is 5.02 Å². The van der Waals surface area contributed by atoms with Crippen LogP contribution in [-0.2, 0) is 11.3 Å². The van der Waals surface area contributed by atoms with Crippen LogP contribution in [0, 0.1) is 5.92 Å². The molecule has 1 aromatic rings. The second-order valence-electron chi connectivity index (χ2n) is 7.04. The molecule has 126 valence electrons. The van der Waals surface area contributed by atoms with Crippen LogP contribution in [0.15, 0.2) is 24.3 Å². The molecule has 1 N–H and O–H groups in total. The van der Waals surface area contributed by atoms with Crippen LogP contribution in [0.25, 0.3) is 0 Å². The minimum atomic E-state index is 0.151. The van der Waals surface area contributed by atoms with E-state index in [9.17, 15) is 4.79 Å². The zero-order valence-corrected chi connectivity index (χ0v) is 14.5.